The molecule has 0 aromatic rings. The topological polar surface area (TPSA) is 46.3 Å². The lowest BCUT2D eigenvalue weighted by Crippen LogP contribution is -1.88. The second kappa shape index (κ2) is 4.89. The van der Waals surface area contributed by atoms with E-state index < -0.39 is 23.4 Å². The lowest BCUT2D eigenvalue weighted by molar-refractivity contribution is 0.316. The van der Waals surface area contributed by atoms with Gasteiger partial charge in [0.25, 0.3) is 0 Å². The first-order valence-electron chi connectivity index (χ1n) is 4.22. The molecule has 1 aliphatic rings. The standard InChI is InChI=1S/C4H9F5N3OP3/c1-2-3-4-13-16(9)11-14(5,6)10-15(7,8)12-16/h2-4H2,1H3. The van der Waals surface area contributed by atoms with E-state index in [0.29, 0.717) is 12.8 Å². The predicted octanol–water partition coefficient (Wildman–Crippen LogP) is 6.50. The molecular weight excluding hydrogens is 294 g/mol. The van der Waals surface area contributed by atoms with Crippen molar-refractivity contribution in [2.75, 3.05) is 6.61 Å². The third-order valence-corrected chi connectivity index (χ3v) is 7.12. The summed E-state index contributed by atoms with van der Waals surface area (Å²) < 4.78 is 75.1. The molecule has 1 rings (SSSR count). The third-order valence-electron chi connectivity index (χ3n) is 1.40. The van der Waals surface area contributed by atoms with Crippen LogP contribution in [0.2, 0.25) is 0 Å². The van der Waals surface area contributed by atoms with E-state index in [9.17, 15) is 21.0 Å². The molecule has 16 heavy (non-hydrogen) atoms. The fourth-order valence-corrected chi connectivity index (χ4v) is 6.15. The van der Waals surface area contributed by atoms with Gasteiger partial charge in [-0.3, -0.25) is 0 Å². The van der Waals surface area contributed by atoms with Crippen LogP contribution in [0.3, 0.4) is 0 Å². The van der Waals surface area contributed by atoms with Gasteiger partial charge >= 0.3 is 23.4 Å². The summed E-state index contributed by atoms with van der Waals surface area (Å²) in [5.74, 6) is 0. The molecule has 0 bridgehead atoms. The van der Waals surface area contributed by atoms with Crippen molar-refractivity contribution < 1.29 is 25.5 Å². The summed E-state index contributed by atoms with van der Waals surface area (Å²) in [6.07, 6.45) is 0.976. The molecule has 0 N–H and O–H groups in total. The first kappa shape index (κ1) is 14.4. The van der Waals surface area contributed by atoms with Crippen LogP contribution in [0, 0.1) is 0 Å². The van der Waals surface area contributed by atoms with Crippen molar-refractivity contribution >= 4 is 23.4 Å². The van der Waals surface area contributed by atoms with Gasteiger partial charge in [-0.15, -0.1) is 30.3 Å². The molecule has 0 amide bonds. The second-order valence-corrected chi connectivity index (χ2v) is 8.01. The average Bonchev–Trinajstić information content (AvgIpc) is 1.96. The van der Waals surface area contributed by atoms with Crippen LogP contribution in [0.5, 0.6) is 0 Å². The summed E-state index contributed by atoms with van der Waals surface area (Å²) in [7, 11) is -16.1. The summed E-state index contributed by atoms with van der Waals surface area (Å²) in [6.45, 7) is 1.49. The summed E-state index contributed by atoms with van der Waals surface area (Å²) in [5.41, 5.74) is 0. The number of halogens is 5. The van der Waals surface area contributed by atoms with Gasteiger partial charge in [-0.25, -0.2) is 0 Å². The van der Waals surface area contributed by atoms with Crippen molar-refractivity contribution in [1.29, 1.82) is 0 Å². The van der Waals surface area contributed by atoms with Crippen LogP contribution < -0.4 is 0 Å². The van der Waals surface area contributed by atoms with E-state index in [1.165, 1.54) is 0 Å². The molecule has 0 saturated heterocycles. The van der Waals surface area contributed by atoms with E-state index in [0.717, 1.165) is 0 Å². The van der Waals surface area contributed by atoms with Gasteiger partial charge in [0, 0.05) is 0 Å². The molecule has 1 aliphatic heterocycles. The van der Waals surface area contributed by atoms with Crippen LogP contribution in [-0.4, -0.2) is 6.61 Å². The Morgan fingerprint density at radius 1 is 0.938 bits per heavy atom. The van der Waals surface area contributed by atoms with Crippen molar-refractivity contribution in [2.24, 2.45) is 13.5 Å². The smallest absolute Gasteiger partial charge is 0.303 e. The zero-order chi connectivity index (χ0) is 12.4. The van der Waals surface area contributed by atoms with Crippen molar-refractivity contribution in [2.45, 2.75) is 19.8 Å². The molecule has 0 spiro atoms. The minimum absolute atomic E-state index is 0.256. The zero-order valence-corrected chi connectivity index (χ0v) is 10.8. The maximum absolute atomic E-state index is 13.5. The molecule has 0 saturated carbocycles. The van der Waals surface area contributed by atoms with Gasteiger partial charge in [0.15, 0.2) is 0 Å². The van der Waals surface area contributed by atoms with Gasteiger partial charge in [0.05, 0.1) is 6.61 Å². The zero-order valence-electron chi connectivity index (χ0n) is 8.10. The fourth-order valence-electron chi connectivity index (χ4n) is 0.825. The van der Waals surface area contributed by atoms with Crippen LogP contribution in [0.25, 0.3) is 0 Å². The largest absolute Gasteiger partial charge is 0.425 e. The Morgan fingerprint density at radius 3 is 2.00 bits per heavy atom. The number of nitrogens with zero attached hydrogens (tertiary/aromatic N) is 3. The Labute approximate surface area is 89.6 Å². The quantitative estimate of drug-likeness (QED) is 0.332. The van der Waals surface area contributed by atoms with Crippen LogP contribution in [0.4, 0.5) is 21.0 Å². The Bertz CT molecular complexity index is 417. The summed E-state index contributed by atoms with van der Waals surface area (Å²) >= 11 is 0. The molecule has 96 valence electrons. The van der Waals surface area contributed by atoms with Crippen molar-refractivity contribution in [3.05, 3.63) is 0 Å². The number of hydrogen-bond acceptors (Lipinski definition) is 4. The van der Waals surface area contributed by atoms with Gasteiger partial charge in [0.2, 0.25) is 0 Å². The third kappa shape index (κ3) is 4.28. The molecule has 0 aromatic heterocycles. The molecule has 1 atom stereocenters. The summed E-state index contributed by atoms with van der Waals surface area (Å²) in [6, 6.07) is 0. The van der Waals surface area contributed by atoms with Crippen molar-refractivity contribution in [1.82, 2.24) is 0 Å². The van der Waals surface area contributed by atoms with E-state index in [2.05, 4.69) is 13.6 Å². The highest BCUT2D eigenvalue weighted by Gasteiger charge is 2.39. The van der Waals surface area contributed by atoms with Crippen molar-refractivity contribution in [3.8, 4) is 0 Å². The molecule has 0 radical (unpaired) electrons. The molecule has 0 aromatic carbocycles. The highest BCUT2D eigenvalue weighted by Crippen LogP contribution is 2.81. The highest BCUT2D eigenvalue weighted by atomic mass is 31.3. The number of unbranched alkanes of at least 4 members (excludes halogenated alkanes) is 1. The molecule has 12 heteroatoms. The molecule has 1 heterocycles. The van der Waals surface area contributed by atoms with Crippen LogP contribution >= 0.6 is 23.4 Å². The van der Waals surface area contributed by atoms with E-state index in [1.807, 2.05) is 4.52 Å². The number of hydrogen-bond donors (Lipinski definition) is 0. The van der Waals surface area contributed by atoms with Gasteiger partial charge < -0.3 is 4.52 Å². The minimum Gasteiger partial charge on any atom is -0.303 e. The van der Waals surface area contributed by atoms with Gasteiger partial charge in [-0.2, -0.15) is 4.20 Å². The maximum atomic E-state index is 13.5. The molecular formula is C4H9F5N3OP3. The monoisotopic (exact) mass is 303 g/mol. The first-order chi connectivity index (χ1) is 7.18. The average molecular weight is 303 g/mol. The maximum Gasteiger partial charge on any atom is 0.425 e. The van der Waals surface area contributed by atoms with Crippen LogP contribution in [0.1, 0.15) is 19.8 Å². The molecule has 1 unspecified atom stereocenters. The highest BCUT2D eigenvalue weighted by molar-refractivity contribution is 7.77. The van der Waals surface area contributed by atoms with E-state index in [1.54, 1.807) is 6.92 Å². The van der Waals surface area contributed by atoms with E-state index >= 15 is 0 Å². The summed E-state index contributed by atoms with van der Waals surface area (Å²) in [5, 5.41) is 0. The Morgan fingerprint density at radius 2 is 1.50 bits per heavy atom. The summed E-state index contributed by atoms with van der Waals surface area (Å²) in [4.78, 5) is 0. The molecule has 0 aliphatic carbocycles. The SMILES string of the molecule is CCCCOP1(F)=NP(F)(F)=NP(F)(F)=N1. The minimum atomic E-state index is -5.62. The first-order valence-corrected chi connectivity index (χ1v) is 8.68. The molecule has 4 nitrogen and oxygen atoms in total. The van der Waals surface area contributed by atoms with Gasteiger partial charge in [-0.05, 0) is 6.42 Å². The van der Waals surface area contributed by atoms with Crippen LogP contribution in [0.15, 0.2) is 13.5 Å². The fraction of sp³-hybridized carbons (Fsp3) is 1.00. The van der Waals surface area contributed by atoms with E-state index in [4.69, 9.17) is 0 Å². The predicted molar refractivity (Wildman–Crippen MR) is 54.4 cm³/mol. The van der Waals surface area contributed by atoms with Gasteiger partial charge in [0.1, 0.15) is 0 Å². The lowest BCUT2D eigenvalue weighted by Gasteiger charge is -2.16. The van der Waals surface area contributed by atoms with Crippen LogP contribution in [-0.2, 0) is 4.52 Å². The Kier molecular flexibility index (Phi) is 4.39. The van der Waals surface area contributed by atoms with E-state index in [-0.39, 0.29) is 6.61 Å². The molecule has 0 fully saturated rings. The van der Waals surface area contributed by atoms with Crippen molar-refractivity contribution in [3.63, 3.8) is 0 Å². The normalized spacial score (nSPS) is 31.1. The second-order valence-electron chi connectivity index (χ2n) is 2.84. The lowest BCUT2D eigenvalue weighted by atomic mass is 10.4. The number of rotatable bonds is 4. The Balaban J connectivity index is 3.02. The van der Waals surface area contributed by atoms with Gasteiger partial charge in [-0.1, -0.05) is 13.3 Å². The Hall–Kier alpha value is 0.300.